The van der Waals surface area contributed by atoms with Gasteiger partial charge in [0.25, 0.3) is 0 Å². The molecular formula is C33H44ClN5O4. The molecular weight excluding hydrogens is 566 g/mol. The molecule has 2 saturated heterocycles. The maximum Gasteiger partial charge on any atom is 0.247 e. The lowest BCUT2D eigenvalue weighted by atomic mass is 9.83. The van der Waals surface area contributed by atoms with Gasteiger partial charge in [-0.3, -0.25) is 19.2 Å². The Hall–Kier alpha value is -3.43. The number of carbonyl (C=O) groups excluding carboxylic acids is 4. The second-order valence-corrected chi connectivity index (χ2v) is 11.9. The summed E-state index contributed by atoms with van der Waals surface area (Å²) < 4.78 is 0. The Bertz CT molecular complexity index is 1260. The van der Waals surface area contributed by atoms with Gasteiger partial charge < -0.3 is 25.3 Å². The van der Waals surface area contributed by atoms with E-state index in [1.807, 2.05) is 65.6 Å². The molecule has 2 aromatic carbocycles. The number of fused-ring (bicyclic) bond motifs is 1. The number of benzene rings is 2. The molecule has 2 aromatic rings. The van der Waals surface area contributed by atoms with E-state index < -0.39 is 24.3 Å². The number of likely N-dealkylation sites (N-methyl/N-ethyl adjacent to an activating group) is 1. The lowest BCUT2D eigenvalue weighted by molar-refractivity contribution is -0.156. The predicted molar refractivity (Wildman–Crippen MR) is 167 cm³/mol. The van der Waals surface area contributed by atoms with Crippen molar-refractivity contribution in [3.63, 3.8) is 0 Å². The van der Waals surface area contributed by atoms with Gasteiger partial charge in [-0.25, -0.2) is 0 Å². The average molecular weight is 610 g/mol. The molecule has 2 aliphatic heterocycles. The van der Waals surface area contributed by atoms with Crippen LogP contribution in [0.2, 0.25) is 0 Å². The van der Waals surface area contributed by atoms with E-state index in [1.54, 1.807) is 23.8 Å². The monoisotopic (exact) mass is 609 g/mol. The summed E-state index contributed by atoms with van der Waals surface area (Å²) in [6.07, 6.45) is 5.37. The van der Waals surface area contributed by atoms with Crippen LogP contribution in [0.4, 0.5) is 0 Å². The van der Waals surface area contributed by atoms with Crippen molar-refractivity contribution < 1.29 is 19.2 Å². The van der Waals surface area contributed by atoms with Gasteiger partial charge in [-0.2, -0.15) is 0 Å². The first kappa shape index (κ1) is 32.5. The van der Waals surface area contributed by atoms with E-state index in [4.69, 9.17) is 0 Å². The smallest absolute Gasteiger partial charge is 0.247 e. The predicted octanol–water partition coefficient (Wildman–Crippen LogP) is 2.77. The zero-order chi connectivity index (χ0) is 29.6. The van der Waals surface area contributed by atoms with Crippen LogP contribution in [0.15, 0.2) is 60.7 Å². The van der Waals surface area contributed by atoms with E-state index in [2.05, 4.69) is 10.6 Å². The zero-order valence-corrected chi connectivity index (χ0v) is 25.9. The van der Waals surface area contributed by atoms with Gasteiger partial charge in [0, 0.05) is 13.0 Å². The number of nitrogens with one attached hydrogen (secondary N) is 2. The highest BCUT2D eigenvalue weighted by Crippen LogP contribution is 2.32. The molecule has 0 bridgehead atoms. The van der Waals surface area contributed by atoms with Crippen molar-refractivity contribution in [3.05, 3.63) is 71.8 Å². The lowest BCUT2D eigenvalue weighted by Crippen LogP contribution is -2.66. The Labute approximate surface area is 260 Å². The van der Waals surface area contributed by atoms with E-state index in [9.17, 15) is 19.2 Å². The molecule has 1 aliphatic carbocycles. The van der Waals surface area contributed by atoms with Crippen LogP contribution in [-0.2, 0) is 32.0 Å². The van der Waals surface area contributed by atoms with E-state index in [-0.39, 0.29) is 55.0 Å². The van der Waals surface area contributed by atoms with Gasteiger partial charge in [-0.15, -0.1) is 12.4 Å². The summed E-state index contributed by atoms with van der Waals surface area (Å²) in [5.74, 6) is -0.747. The second kappa shape index (κ2) is 14.8. The summed E-state index contributed by atoms with van der Waals surface area (Å²) >= 11 is 0. The van der Waals surface area contributed by atoms with Crippen molar-refractivity contribution in [2.75, 3.05) is 26.7 Å². The number of carbonyl (C=O) groups is 4. The Kier molecular flexibility index (Phi) is 11.2. The van der Waals surface area contributed by atoms with Crippen molar-refractivity contribution in [2.45, 2.75) is 76.2 Å². The normalized spacial score (nSPS) is 22.0. The van der Waals surface area contributed by atoms with Crippen LogP contribution in [-0.4, -0.2) is 89.3 Å². The van der Waals surface area contributed by atoms with Crippen LogP contribution < -0.4 is 10.6 Å². The molecule has 4 amide bonds. The van der Waals surface area contributed by atoms with Gasteiger partial charge in [0.15, 0.2) is 0 Å². The molecule has 2 heterocycles. The Morgan fingerprint density at radius 1 is 0.930 bits per heavy atom. The van der Waals surface area contributed by atoms with Crippen molar-refractivity contribution in [2.24, 2.45) is 5.92 Å². The Balaban J connectivity index is 0.00000423. The van der Waals surface area contributed by atoms with Gasteiger partial charge in [-0.1, -0.05) is 79.9 Å². The summed E-state index contributed by atoms with van der Waals surface area (Å²) in [4.78, 5) is 59.9. The van der Waals surface area contributed by atoms with Crippen LogP contribution in [0.5, 0.6) is 0 Å². The van der Waals surface area contributed by atoms with Crippen LogP contribution in [0.3, 0.4) is 0 Å². The van der Waals surface area contributed by atoms with E-state index >= 15 is 0 Å². The van der Waals surface area contributed by atoms with Crippen molar-refractivity contribution in [3.8, 4) is 0 Å². The van der Waals surface area contributed by atoms with Gasteiger partial charge >= 0.3 is 0 Å². The fourth-order valence-electron chi connectivity index (χ4n) is 6.63. The standard InChI is InChI=1S/C33H43N5O4.ClH/c1-23(34-2)31(40)35-30(26-16-10-5-11-17-26)33(42)37-22-29(39)38-27(20-25-14-8-4-9-15-25)32(41)36(21-28(37)38)19-18-24-12-6-3-7-13-24;/h3-4,6-9,12-15,23,26-28,30,34H,5,10-11,16-22H2,1-2H3,(H,35,40);1H/t23?,27-,28+,30-;/m0./s1. The lowest BCUT2D eigenvalue weighted by Gasteiger charge is -2.45. The first-order chi connectivity index (χ1) is 20.4. The van der Waals surface area contributed by atoms with Gasteiger partial charge in [0.05, 0.1) is 12.6 Å². The minimum Gasteiger partial charge on any atom is -0.343 e. The minimum absolute atomic E-state index is 0. The van der Waals surface area contributed by atoms with Crippen molar-refractivity contribution >= 4 is 36.0 Å². The largest absolute Gasteiger partial charge is 0.343 e. The number of nitrogens with zero attached hydrogens (tertiary/aromatic N) is 3. The summed E-state index contributed by atoms with van der Waals surface area (Å²) in [5, 5.41) is 6.00. The summed E-state index contributed by atoms with van der Waals surface area (Å²) in [6.45, 7) is 2.43. The number of hydrogen-bond donors (Lipinski definition) is 2. The Morgan fingerprint density at radius 3 is 2.19 bits per heavy atom. The summed E-state index contributed by atoms with van der Waals surface area (Å²) in [5.41, 5.74) is 2.09. The molecule has 0 aromatic heterocycles. The van der Waals surface area contributed by atoms with Gasteiger partial charge in [0.1, 0.15) is 24.8 Å². The molecule has 0 spiro atoms. The third-order valence-electron chi connectivity index (χ3n) is 9.17. The third kappa shape index (κ3) is 7.39. The fourth-order valence-corrected chi connectivity index (χ4v) is 6.63. The van der Waals surface area contributed by atoms with Crippen LogP contribution in [0.1, 0.15) is 50.2 Å². The van der Waals surface area contributed by atoms with E-state index in [1.165, 1.54) is 0 Å². The number of amides is 4. The summed E-state index contributed by atoms with van der Waals surface area (Å²) in [7, 11) is 1.72. The quantitative estimate of drug-likeness (QED) is 0.431. The molecule has 5 rings (SSSR count). The molecule has 1 saturated carbocycles. The van der Waals surface area contributed by atoms with Crippen LogP contribution in [0.25, 0.3) is 0 Å². The van der Waals surface area contributed by atoms with E-state index in [0.717, 1.165) is 43.2 Å². The summed E-state index contributed by atoms with van der Waals surface area (Å²) in [6, 6.07) is 17.9. The van der Waals surface area contributed by atoms with Crippen LogP contribution in [0, 0.1) is 5.92 Å². The fraction of sp³-hybridized carbons (Fsp3) is 0.515. The molecule has 0 radical (unpaired) electrons. The average Bonchev–Trinajstić information content (AvgIpc) is 3.36. The van der Waals surface area contributed by atoms with Crippen LogP contribution >= 0.6 is 12.4 Å². The molecule has 43 heavy (non-hydrogen) atoms. The molecule has 1 unspecified atom stereocenters. The van der Waals surface area contributed by atoms with Gasteiger partial charge in [-0.05, 0) is 50.3 Å². The maximum absolute atomic E-state index is 14.3. The number of halogens is 1. The SMILES string of the molecule is CNC(C)C(=O)N[C@H](C(=O)N1CC(=O)N2[C@@H]1CN(CCc1ccccc1)C(=O)[C@@H]2Cc1ccccc1)C1CCCCC1.Cl. The number of hydrogen-bond acceptors (Lipinski definition) is 5. The highest BCUT2D eigenvalue weighted by Gasteiger charge is 2.52. The highest BCUT2D eigenvalue weighted by molar-refractivity contribution is 5.97. The molecule has 10 heteroatoms. The molecule has 9 nitrogen and oxygen atoms in total. The Morgan fingerprint density at radius 2 is 1.56 bits per heavy atom. The third-order valence-corrected chi connectivity index (χ3v) is 9.17. The van der Waals surface area contributed by atoms with E-state index in [0.29, 0.717) is 19.4 Å². The molecule has 232 valence electrons. The molecule has 3 fully saturated rings. The molecule has 3 aliphatic rings. The number of piperazine rings is 1. The van der Waals surface area contributed by atoms with Gasteiger partial charge in [0.2, 0.25) is 23.6 Å². The van der Waals surface area contributed by atoms with Crippen molar-refractivity contribution in [1.29, 1.82) is 0 Å². The highest BCUT2D eigenvalue weighted by atomic mass is 35.5. The van der Waals surface area contributed by atoms with Crippen molar-refractivity contribution in [1.82, 2.24) is 25.3 Å². The minimum atomic E-state index is -0.704. The topological polar surface area (TPSA) is 102 Å². The maximum atomic E-state index is 14.3. The molecule has 2 N–H and O–H groups in total. The first-order valence-corrected chi connectivity index (χ1v) is 15.3. The zero-order valence-electron chi connectivity index (χ0n) is 25.1. The first-order valence-electron chi connectivity index (χ1n) is 15.3. The second-order valence-electron chi connectivity index (χ2n) is 11.9. The molecule has 4 atom stereocenters. The number of rotatable bonds is 10.